The molecule has 2 N–H and O–H groups in total. The van der Waals surface area contributed by atoms with Gasteiger partial charge in [-0.2, -0.15) is 5.10 Å². The number of ether oxygens (including phenoxy) is 1. The number of halogens is 1. The number of benzene rings is 1. The Hall–Kier alpha value is -2.05. The number of aromatic nitrogens is 2. The van der Waals surface area contributed by atoms with Crippen molar-refractivity contribution < 1.29 is 9.53 Å². The molecular formula is C17H21ClN4O2. The van der Waals surface area contributed by atoms with Gasteiger partial charge in [0.05, 0.1) is 18.3 Å². The minimum atomic E-state index is -0.247. The van der Waals surface area contributed by atoms with Crippen LogP contribution >= 0.6 is 11.6 Å². The lowest BCUT2D eigenvalue weighted by Gasteiger charge is -2.13. The molecule has 0 saturated carbocycles. The summed E-state index contributed by atoms with van der Waals surface area (Å²) in [5.41, 5.74) is 1.91. The van der Waals surface area contributed by atoms with Crippen LogP contribution in [0.1, 0.15) is 24.1 Å². The molecule has 1 saturated heterocycles. The second-order valence-electron chi connectivity index (χ2n) is 5.93. The van der Waals surface area contributed by atoms with E-state index in [4.69, 9.17) is 16.3 Å². The fourth-order valence-electron chi connectivity index (χ4n) is 2.70. The SMILES string of the molecule is Cc1cc(NC(=O)NC[C@@H]2CCCO2)n(Cc2ccc(Cl)cc2)n1. The van der Waals surface area contributed by atoms with Crippen molar-refractivity contribution in [3.8, 4) is 0 Å². The van der Waals surface area contributed by atoms with Gasteiger partial charge < -0.3 is 10.1 Å². The van der Waals surface area contributed by atoms with E-state index < -0.39 is 0 Å². The number of anilines is 1. The first-order valence-electron chi connectivity index (χ1n) is 8.05. The van der Waals surface area contributed by atoms with E-state index in [1.807, 2.05) is 37.3 Å². The van der Waals surface area contributed by atoms with Gasteiger partial charge in [0.2, 0.25) is 0 Å². The van der Waals surface area contributed by atoms with Crippen LogP contribution in [0.3, 0.4) is 0 Å². The molecule has 2 aromatic rings. The number of carbonyl (C=O) groups is 1. The van der Waals surface area contributed by atoms with Crippen molar-refractivity contribution in [3.05, 3.63) is 46.6 Å². The highest BCUT2D eigenvalue weighted by atomic mass is 35.5. The Morgan fingerprint density at radius 1 is 1.42 bits per heavy atom. The van der Waals surface area contributed by atoms with Crippen LogP contribution in [-0.4, -0.2) is 35.1 Å². The van der Waals surface area contributed by atoms with Gasteiger partial charge in [-0.25, -0.2) is 9.48 Å². The topological polar surface area (TPSA) is 68.2 Å². The summed E-state index contributed by atoms with van der Waals surface area (Å²) in [7, 11) is 0. The maximum atomic E-state index is 12.1. The Labute approximate surface area is 146 Å². The zero-order chi connectivity index (χ0) is 16.9. The molecule has 1 aliphatic rings. The predicted octanol–water partition coefficient (Wildman–Crippen LogP) is 3.19. The molecule has 24 heavy (non-hydrogen) atoms. The first-order valence-corrected chi connectivity index (χ1v) is 8.43. The van der Waals surface area contributed by atoms with Crippen LogP contribution in [0.2, 0.25) is 5.02 Å². The highest BCUT2D eigenvalue weighted by Crippen LogP contribution is 2.15. The van der Waals surface area contributed by atoms with Crippen molar-refractivity contribution >= 4 is 23.4 Å². The van der Waals surface area contributed by atoms with Crippen molar-refractivity contribution in [3.63, 3.8) is 0 Å². The Morgan fingerprint density at radius 3 is 2.92 bits per heavy atom. The molecular weight excluding hydrogens is 328 g/mol. The van der Waals surface area contributed by atoms with E-state index in [1.54, 1.807) is 4.68 Å². The second-order valence-corrected chi connectivity index (χ2v) is 6.36. The largest absolute Gasteiger partial charge is 0.376 e. The number of nitrogens with zero attached hydrogens (tertiary/aromatic N) is 2. The zero-order valence-electron chi connectivity index (χ0n) is 13.6. The quantitative estimate of drug-likeness (QED) is 0.871. The number of urea groups is 1. The minimum absolute atomic E-state index is 0.122. The molecule has 0 radical (unpaired) electrons. The van der Waals surface area contributed by atoms with Crippen molar-refractivity contribution in [2.24, 2.45) is 0 Å². The maximum absolute atomic E-state index is 12.1. The third-order valence-electron chi connectivity index (χ3n) is 3.90. The molecule has 1 aromatic heterocycles. The number of nitrogens with one attached hydrogen (secondary N) is 2. The Kier molecular flexibility index (Phi) is 5.37. The Bertz CT molecular complexity index is 693. The summed E-state index contributed by atoms with van der Waals surface area (Å²) in [6.45, 7) is 3.76. The normalized spacial score (nSPS) is 17.0. The highest BCUT2D eigenvalue weighted by Gasteiger charge is 2.17. The first kappa shape index (κ1) is 16.8. The lowest BCUT2D eigenvalue weighted by molar-refractivity contribution is 0.112. The molecule has 1 aromatic carbocycles. The van der Waals surface area contributed by atoms with E-state index in [2.05, 4.69) is 15.7 Å². The van der Waals surface area contributed by atoms with E-state index in [-0.39, 0.29) is 12.1 Å². The van der Waals surface area contributed by atoms with Crippen molar-refractivity contribution in [2.45, 2.75) is 32.4 Å². The summed E-state index contributed by atoms with van der Waals surface area (Å²) in [6, 6.07) is 9.18. The maximum Gasteiger partial charge on any atom is 0.320 e. The predicted molar refractivity (Wildman–Crippen MR) is 93.5 cm³/mol. The smallest absolute Gasteiger partial charge is 0.320 e. The van der Waals surface area contributed by atoms with Crippen LogP contribution in [0.15, 0.2) is 30.3 Å². The molecule has 1 atom stereocenters. The van der Waals surface area contributed by atoms with Crippen LogP contribution in [-0.2, 0) is 11.3 Å². The lowest BCUT2D eigenvalue weighted by Crippen LogP contribution is -2.35. The van der Waals surface area contributed by atoms with E-state index in [9.17, 15) is 4.79 Å². The van der Waals surface area contributed by atoms with Gasteiger partial charge in [-0.3, -0.25) is 5.32 Å². The Balaban J connectivity index is 1.60. The van der Waals surface area contributed by atoms with Gasteiger partial charge in [0, 0.05) is 24.2 Å². The zero-order valence-corrected chi connectivity index (χ0v) is 14.3. The summed E-state index contributed by atoms with van der Waals surface area (Å²) in [5.74, 6) is 0.660. The number of rotatable bonds is 5. The number of hydrogen-bond acceptors (Lipinski definition) is 3. The number of hydrogen-bond donors (Lipinski definition) is 2. The summed E-state index contributed by atoms with van der Waals surface area (Å²) in [6.07, 6.45) is 2.17. The Morgan fingerprint density at radius 2 is 2.21 bits per heavy atom. The number of aryl methyl sites for hydroxylation is 1. The van der Waals surface area contributed by atoms with E-state index in [1.165, 1.54) is 0 Å². The standard InChI is InChI=1S/C17H21ClN4O2/c1-12-9-16(20-17(23)19-10-15-3-2-8-24-15)22(21-12)11-13-4-6-14(18)7-5-13/h4-7,9,15H,2-3,8,10-11H2,1H3,(H2,19,20,23)/t15-/m0/s1. The summed E-state index contributed by atoms with van der Waals surface area (Å²) >= 11 is 5.91. The molecule has 7 heteroatoms. The van der Waals surface area contributed by atoms with Crippen LogP contribution in [0, 0.1) is 6.92 Å². The molecule has 0 unspecified atom stereocenters. The van der Waals surface area contributed by atoms with Crippen molar-refractivity contribution in [2.75, 3.05) is 18.5 Å². The average Bonchev–Trinajstić information content (AvgIpc) is 3.18. The fraction of sp³-hybridized carbons (Fsp3) is 0.412. The molecule has 1 aliphatic heterocycles. The van der Waals surface area contributed by atoms with Crippen LogP contribution in [0.4, 0.5) is 10.6 Å². The van der Waals surface area contributed by atoms with Crippen LogP contribution in [0.5, 0.6) is 0 Å². The third-order valence-corrected chi connectivity index (χ3v) is 4.16. The molecule has 1 fully saturated rings. The molecule has 128 valence electrons. The van der Waals surface area contributed by atoms with E-state index in [0.29, 0.717) is 23.9 Å². The summed E-state index contributed by atoms with van der Waals surface area (Å²) in [5, 5.41) is 10.8. The van der Waals surface area contributed by atoms with Gasteiger partial charge in [-0.1, -0.05) is 23.7 Å². The van der Waals surface area contributed by atoms with Gasteiger partial charge >= 0.3 is 6.03 Å². The lowest BCUT2D eigenvalue weighted by atomic mass is 10.2. The third kappa shape index (κ3) is 4.49. The average molecular weight is 349 g/mol. The molecule has 2 heterocycles. The fourth-order valence-corrected chi connectivity index (χ4v) is 2.83. The molecule has 0 bridgehead atoms. The van der Waals surface area contributed by atoms with Crippen LogP contribution < -0.4 is 10.6 Å². The van der Waals surface area contributed by atoms with Gasteiger partial charge in [-0.05, 0) is 37.5 Å². The highest BCUT2D eigenvalue weighted by molar-refractivity contribution is 6.30. The molecule has 6 nitrogen and oxygen atoms in total. The van der Waals surface area contributed by atoms with E-state index in [0.717, 1.165) is 30.7 Å². The first-order chi connectivity index (χ1) is 11.6. The molecule has 0 aliphatic carbocycles. The number of amides is 2. The molecule has 3 rings (SSSR count). The number of carbonyl (C=O) groups excluding carboxylic acids is 1. The summed E-state index contributed by atoms with van der Waals surface area (Å²) < 4.78 is 7.27. The van der Waals surface area contributed by atoms with Gasteiger partial charge in [0.25, 0.3) is 0 Å². The minimum Gasteiger partial charge on any atom is -0.376 e. The molecule has 2 amide bonds. The van der Waals surface area contributed by atoms with E-state index >= 15 is 0 Å². The van der Waals surface area contributed by atoms with Crippen molar-refractivity contribution in [1.29, 1.82) is 0 Å². The van der Waals surface area contributed by atoms with Gasteiger partial charge in [-0.15, -0.1) is 0 Å². The second kappa shape index (κ2) is 7.68. The monoisotopic (exact) mass is 348 g/mol. The van der Waals surface area contributed by atoms with Gasteiger partial charge in [0.15, 0.2) is 0 Å². The molecule has 0 spiro atoms. The summed E-state index contributed by atoms with van der Waals surface area (Å²) in [4.78, 5) is 12.1. The van der Waals surface area contributed by atoms with Crippen molar-refractivity contribution in [1.82, 2.24) is 15.1 Å². The van der Waals surface area contributed by atoms with Crippen LogP contribution in [0.25, 0.3) is 0 Å². The van der Waals surface area contributed by atoms with Gasteiger partial charge in [0.1, 0.15) is 5.82 Å².